The highest BCUT2D eigenvalue weighted by Crippen LogP contribution is 2.37. The van der Waals surface area contributed by atoms with Crippen LogP contribution in [0, 0.1) is 0 Å². The summed E-state index contributed by atoms with van der Waals surface area (Å²) in [6.45, 7) is 1.38. The first kappa shape index (κ1) is 16.3. The molecule has 1 heterocycles. The monoisotopic (exact) mass is 366 g/mol. The Labute approximate surface area is 149 Å². The Hall–Kier alpha value is -3.19. The SMILES string of the molecule is CC(=O)c1ccccc1NS(=O)(=O)c1ccc2c3c(cccc13)C(=O)N2. The minimum absolute atomic E-state index is 0.0490. The van der Waals surface area contributed by atoms with Gasteiger partial charge in [0, 0.05) is 27.6 Å². The number of carbonyl (C=O) groups is 2. The van der Waals surface area contributed by atoms with Crippen LogP contribution in [0.1, 0.15) is 27.6 Å². The number of hydrogen-bond donors (Lipinski definition) is 2. The van der Waals surface area contributed by atoms with Crippen LogP contribution in [0.5, 0.6) is 0 Å². The number of ketones is 1. The maximum absolute atomic E-state index is 13.0. The molecule has 1 aliphatic rings. The van der Waals surface area contributed by atoms with Crippen LogP contribution in [0.15, 0.2) is 59.5 Å². The number of rotatable bonds is 4. The van der Waals surface area contributed by atoms with Crippen molar-refractivity contribution in [1.29, 1.82) is 0 Å². The molecule has 7 heteroatoms. The lowest BCUT2D eigenvalue weighted by Crippen LogP contribution is -2.15. The normalized spacial score (nSPS) is 12.9. The van der Waals surface area contributed by atoms with Gasteiger partial charge in [-0.15, -0.1) is 0 Å². The summed E-state index contributed by atoms with van der Waals surface area (Å²) in [6, 6.07) is 14.4. The quantitative estimate of drug-likeness (QED) is 0.692. The van der Waals surface area contributed by atoms with E-state index in [0.717, 1.165) is 0 Å². The zero-order valence-corrected chi connectivity index (χ0v) is 14.6. The fourth-order valence-corrected chi connectivity index (χ4v) is 4.46. The molecule has 2 N–H and O–H groups in total. The standard InChI is InChI=1S/C19H14N2O4S/c1-11(22)12-5-2-3-8-15(12)21-26(24,25)17-10-9-16-18-13(17)6-4-7-14(18)19(23)20-16/h2-10,21H,1H3,(H,20,23). The number of sulfonamides is 1. The van der Waals surface area contributed by atoms with E-state index in [0.29, 0.717) is 27.6 Å². The number of benzene rings is 3. The Bertz CT molecular complexity index is 1200. The predicted octanol–water partition coefficient (Wildman–Crippen LogP) is 3.41. The molecule has 130 valence electrons. The first-order valence-corrected chi connectivity index (χ1v) is 9.37. The molecule has 0 unspecified atom stereocenters. The molecule has 0 bridgehead atoms. The molecule has 0 spiro atoms. The molecule has 0 aromatic heterocycles. The van der Waals surface area contributed by atoms with E-state index in [2.05, 4.69) is 10.0 Å². The van der Waals surface area contributed by atoms with Crippen molar-refractivity contribution in [2.75, 3.05) is 10.0 Å². The number of para-hydroxylation sites is 1. The van der Waals surface area contributed by atoms with E-state index in [1.807, 2.05) is 0 Å². The molecule has 26 heavy (non-hydrogen) atoms. The van der Waals surface area contributed by atoms with Crippen LogP contribution < -0.4 is 10.0 Å². The molecular weight excluding hydrogens is 352 g/mol. The number of Topliss-reactive ketones (excluding diaryl/α,β-unsaturated/α-hetero) is 1. The van der Waals surface area contributed by atoms with E-state index in [4.69, 9.17) is 0 Å². The van der Waals surface area contributed by atoms with Gasteiger partial charge in [0.25, 0.3) is 15.9 Å². The number of amides is 1. The van der Waals surface area contributed by atoms with E-state index in [-0.39, 0.29) is 22.3 Å². The van der Waals surface area contributed by atoms with Gasteiger partial charge in [-0.1, -0.05) is 24.3 Å². The number of anilines is 2. The first-order valence-electron chi connectivity index (χ1n) is 7.88. The largest absolute Gasteiger partial charge is 0.321 e. The highest BCUT2D eigenvalue weighted by molar-refractivity contribution is 7.93. The molecule has 3 aromatic carbocycles. The Balaban J connectivity index is 1.88. The molecule has 0 saturated carbocycles. The lowest BCUT2D eigenvalue weighted by Gasteiger charge is -2.13. The topological polar surface area (TPSA) is 92.3 Å². The third-order valence-corrected chi connectivity index (χ3v) is 5.76. The first-order chi connectivity index (χ1) is 12.4. The Kier molecular flexibility index (Phi) is 3.55. The molecule has 0 radical (unpaired) electrons. The second-order valence-corrected chi connectivity index (χ2v) is 7.65. The highest BCUT2D eigenvalue weighted by atomic mass is 32.2. The van der Waals surface area contributed by atoms with Crippen LogP contribution in [0.3, 0.4) is 0 Å². The van der Waals surface area contributed by atoms with Crippen molar-refractivity contribution < 1.29 is 18.0 Å². The fourth-order valence-electron chi connectivity index (χ4n) is 3.18. The van der Waals surface area contributed by atoms with Crippen molar-refractivity contribution >= 4 is 43.9 Å². The summed E-state index contributed by atoms with van der Waals surface area (Å²) >= 11 is 0. The zero-order chi connectivity index (χ0) is 18.5. The highest BCUT2D eigenvalue weighted by Gasteiger charge is 2.26. The van der Waals surface area contributed by atoms with Crippen LogP contribution in [0.4, 0.5) is 11.4 Å². The lowest BCUT2D eigenvalue weighted by molar-refractivity contribution is 0.101. The summed E-state index contributed by atoms with van der Waals surface area (Å²) in [6.07, 6.45) is 0. The van der Waals surface area contributed by atoms with Crippen molar-refractivity contribution in [2.45, 2.75) is 11.8 Å². The lowest BCUT2D eigenvalue weighted by atomic mass is 10.1. The van der Waals surface area contributed by atoms with Gasteiger partial charge in [-0.25, -0.2) is 8.42 Å². The van der Waals surface area contributed by atoms with E-state index in [1.54, 1.807) is 48.5 Å². The maximum Gasteiger partial charge on any atom is 0.262 e. The van der Waals surface area contributed by atoms with E-state index in [1.165, 1.54) is 13.0 Å². The van der Waals surface area contributed by atoms with Gasteiger partial charge in [-0.2, -0.15) is 0 Å². The van der Waals surface area contributed by atoms with Gasteiger partial charge in [0.15, 0.2) is 5.78 Å². The summed E-state index contributed by atoms with van der Waals surface area (Å²) < 4.78 is 28.5. The Morgan fingerprint density at radius 1 is 1.00 bits per heavy atom. The summed E-state index contributed by atoms with van der Waals surface area (Å²) in [7, 11) is -3.96. The molecule has 6 nitrogen and oxygen atoms in total. The second-order valence-electron chi connectivity index (χ2n) is 6.00. The Morgan fingerprint density at radius 2 is 1.77 bits per heavy atom. The summed E-state index contributed by atoms with van der Waals surface area (Å²) in [5, 5.41) is 3.76. The molecule has 3 aromatic rings. The van der Waals surface area contributed by atoms with E-state index in [9.17, 15) is 18.0 Å². The van der Waals surface area contributed by atoms with Gasteiger partial charge < -0.3 is 5.32 Å². The van der Waals surface area contributed by atoms with Crippen molar-refractivity contribution in [3.8, 4) is 0 Å². The molecule has 1 aliphatic heterocycles. The number of carbonyl (C=O) groups excluding carboxylic acids is 2. The van der Waals surface area contributed by atoms with Crippen LogP contribution in [0.25, 0.3) is 10.8 Å². The van der Waals surface area contributed by atoms with Crippen molar-refractivity contribution in [3.05, 3.63) is 65.7 Å². The maximum atomic E-state index is 13.0. The minimum atomic E-state index is -3.96. The average molecular weight is 366 g/mol. The Morgan fingerprint density at radius 3 is 2.54 bits per heavy atom. The molecule has 1 amide bonds. The third-order valence-electron chi connectivity index (χ3n) is 4.33. The molecule has 0 fully saturated rings. The number of hydrogen-bond acceptors (Lipinski definition) is 4. The van der Waals surface area contributed by atoms with Crippen LogP contribution in [0.2, 0.25) is 0 Å². The van der Waals surface area contributed by atoms with Crippen molar-refractivity contribution in [3.63, 3.8) is 0 Å². The second kappa shape index (κ2) is 5.67. The van der Waals surface area contributed by atoms with Crippen LogP contribution >= 0.6 is 0 Å². The zero-order valence-electron chi connectivity index (χ0n) is 13.7. The van der Waals surface area contributed by atoms with Gasteiger partial charge >= 0.3 is 0 Å². The smallest absolute Gasteiger partial charge is 0.262 e. The molecule has 0 aliphatic carbocycles. The van der Waals surface area contributed by atoms with Crippen LogP contribution in [-0.4, -0.2) is 20.1 Å². The van der Waals surface area contributed by atoms with Gasteiger partial charge in [-0.3, -0.25) is 14.3 Å². The average Bonchev–Trinajstić information content (AvgIpc) is 2.93. The van der Waals surface area contributed by atoms with Crippen LogP contribution in [-0.2, 0) is 10.0 Å². The molecule has 0 atom stereocenters. The fraction of sp³-hybridized carbons (Fsp3) is 0.0526. The predicted molar refractivity (Wildman–Crippen MR) is 99.2 cm³/mol. The van der Waals surface area contributed by atoms with E-state index >= 15 is 0 Å². The van der Waals surface area contributed by atoms with Gasteiger partial charge in [0.05, 0.1) is 10.6 Å². The summed E-state index contributed by atoms with van der Waals surface area (Å²) in [5.74, 6) is -0.492. The molecule has 4 rings (SSSR count). The van der Waals surface area contributed by atoms with Crippen molar-refractivity contribution in [1.82, 2.24) is 0 Å². The van der Waals surface area contributed by atoms with Gasteiger partial charge in [-0.05, 0) is 37.3 Å². The third kappa shape index (κ3) is 2.44. The summed E-state index contributed by atoms with van der Waals surface area (Å²) in [4.78, 5) is 23.8. The van der Waals surface area contributed by atoms with Crippen molar-refractivity contribution in [2.24, 2.45) is 0 Å². The molecular formula is C19H14N2O4S. The van der Waals surface area contributed by atoms with E-state index < -0.39 is 10.0 Å². The van der Waals surface area contributed by atoms with Gasteiger partial charge in [0.1, 0.15) is 0 Å². The number of nitrogens with one attached hydrogen (secondary N) is 2. The molecule has 0 saturated heterocycles. The summed E-state index contributed by atoms with van der Waals surface area (Å²) in [5.41, 5.74) is 1.54. The van der Waals surface area contributed by atoms with Gasteiger partial charge in [0.2, 0.25) is 0 Å². The minimum Gasteiger partial charge on any atom is -0.321 e.